The highest BCUT2D eigenvalue weighted by atomic mass is 16.5. The average molecular weight is 398 g/mol. The quantitative estimate of drug-likeness (QED) is 0.779. The van der Waals surface area contributed by atoms with Gasteiger partial charge in [-0.2, -0.15) is 0 Å². The molecule has 3 rings (SSSR count). The molecule has 0 aliphatic carbocycles. The third-order valence-electron chi connectivity index (χ3n) is 5.59. The first-order chi connectivity index (χ1) is 14.0. The van der Waals surface area contributed by atoms with Gasteiger partial charge >= 0.3 is 0 Å². The number of carbonyl (C=O) groups excluding carboxylic acids is 1. The van der Waals surface area contributed by atoms with Gasteiger partial charge in [0.2, 0.25) is 5.91 Å². The van der Waals surface area contributed by atoms with Gasteiger partial charge < -0.3 is 19.7 Å². The number of nitrogens with one attached hydrogen (secondary N) is 1. The van der Waals surface area contributed by atoms with E-state index in [1.807, 2.05) is 18.2 Å². The van der Waals surface area contributed by atoms with E-state index in [4.69, 9.17) is 9.47 Å². The summed E-state index contributed by atoms with van der Waals surface area (Å²) >= 11 is 0. The molecule has 6 heteroatoms. The minimum absolute atomic E-state index is 0.0416. The van der Waals surface area contributed by atoms with E-state index in [1.54, 1.807) is 14.2 Å². The highest BCUT2D eigenvalue weighted by molar-refractivity contribution is 5.78. The van der Waals surface area contributed by atoms with Crippen molar-refractivity contribution in [1.29, 1.82) is 0 Å². The van der Waals surface area contributed by atoms with Crippen LogP contribution >= 0.6 is 0 Å². The van der Waals surface area contributed by atoms with Crippen LogP contribution in [0.5, 0.6) is 11.5 Å². The van der Waals surface area contributed by atoms with Gasteiger partial charge in [0.1, 0.15) is 0 Å². The van der Waals surface area contributed by atoms with Crippen LogP contribution in [0, 0.1) is 13.8 Å². The average Bonchev–Trinajstić information content (AvgIpc) is 2.74. The third-order valence-corrected chi connectivity index (χ3v) is 5.59. The Morgan fingerprint density at radius 3 is 2.41 bits per heavy atom. The fourth-order valence-corrected chi connectivity index (χ4v) is 3.68. The lowest BCUT2D eigenvalue weighted by Gasteiger charge is -2.36. The van der Waals surface area contributed by atoms with E-state index in [0.29, 0.717) is 24.6 Å². The number of rotatable bonds is 7. The molecule has 6 nitrogen and oxygen atoms in total. The SMILES string of the molecule is COc1ccc(CNC(=O)CN2CCN(c3cccc(C)c3C)CC2)cc1OC. The molecule has 0 atom stereocenters. The number of hydrogen-bond acceptors (Lipinski definition) is 5. The Labute approximate surface area is 173 Å². The second-order valence-corrected chi connectivity index (χ2v) is 7.45. The van der Waals surface area contributed by atoms with E-state index < -0.39 is 0 Å². The molecule has 29 heavy (non-hydrogen) atoms. The Bertz CT molecular complexity index is 845. The van der Waals surface area contributed by atoms with Crippen LogP contribution in [0.4, 0.5) is 5.69 Å². The van der Waals surface area contributed by atoms with Gasteiger partial charge in [0, 0.05) is 38.4 Å². The van der Waals surface area contributed by atoms with Gasteiger partial charge in [-0.25, -0.2) is 0 Å². The van der Waals surface area contributed by atoms with Gasteiger partial charge in [-0.3, -0.25) is 9.69 Å². The molecule has 0 radical (unpaired) electrons. The summed E-state index contributed by atoms with van der Waals surface area (Å²) in [5.74, 6) is 1.39. The zero-order valence-corrected chi connectivity index (χ0v) is 17.8. The van der Waals surface area contributed by atoms with Gasteiger partial charge in [0.15, 0.2) is 11.5 Å². The topological polar surface area (TPSA) is 54.0 Å². The smallest absolute Gasteiger partial charge is 0.234 e. The summed E-state index contributed by atoms with van der Waals surface area (Å²) in [6.07, 6.45) is 0. The lowest BCUT2D eigenvalue weighted by atomic mass is 10.1. The van der Waals surface area contributed by atoms with Crippen molar-refractivity contribution in [2.24, 2.45) is 0 Å². The van der Waals surface area contributed by atoms with Crippen molar-refractivity contribution in [2.75, 3.05) is 51.8 Å². The number of hydrogen-bond donors (Lipinski definition) is 1. The Hall–Kier alpha value is -2.73. The molecule has 1 saturated heterocycles. The minimum atomic E-state index is 0.0416. The van der Waals surface area contributed by atoms with E-state index in [1.165, 1.54) is 16.8 Å². The van der Waals surface area contributed by atoms with E-state index in [9.17, 15) is 4.79 Å². The second-order valence-electron chi connectivity index (χ2n) is 7.45. The Balaban J connectivity index is 1.47. The molecule has 1 aliphatic heterocycles. The zero-order chi connectivity index (χ0) is 20.8. The van der Waals surface area contributed by atoms with Crippen molar-refractivity contribution in [3.63, 3.8) is 0 Å². The molecular weight excluding hydrogens is 366 g/mol. The highest BCUT2D eigenvalue weighted by Gasteiger charge is 2.20. The molecule has 0 aromatic heterocycles. The molecule has 1 fully saturated rings. The molecule has 2 aromatic carbocycles. The number of methoxy groups -OCH3 is 2. The maximum Gasteiger partial charge on any atom is 0.234 e. The Morgan fingerprint density at radius 2 is 1.72 bits per heavy atom. The summed E-state index contributed by atoms with van der Waals surface area (Å²) in [5.41, 5.74) is 4.95. The summed E-state index contributed by atoms with van der Waals surface area (Å²) in [6, 6.07) is 12.1. The molecule has 1 heterocycles. The van der Waals surface area contributed by atoms with Crippen LogP contribution in [-0.2, 0) is 11.3 Å². The van der Waals surface area contributed by atoms with Crippen LogP contribution in [0.25, 0.3) is 0 Å². The number of carbonyl (C=O) groups is 1. The number of anilines is 1. The van der Waals surface area contributed by atoms with E-state index in [2.05, 4.69) is 47.2 Å². The summed E-state index contributed by atoms with van der Waals surface area (Å²) in [5, 5.41) is 3.00. The van der Waals surface area contributed by atoms with Crippen LogP contribution in [0.2, 0.25) is 0 Å². The van der Waals surface area contributed by atoms with Crippen LogP contribution in [0.3, 0.4) is 0 Å². The fourth-order valence-electron chi connectivity index (χ4n) is 3.68. The van der Waals surface area contributed by atoms with Gasteiger partial charge in [-0.05, 0) is 48.7 Å². The van der Waals surface area contributed by atoms with Crippen LogP contribution < -0.4 is 19.7 Å². The summed E-state index contributed by atoms with van der Waals surface area (Å²) in [4.78, 5) is 17.0. The molecular formula is C23H31N3O3. The monoisotopic (exact) mass is 397 g/mol. The number of amides is 1. The predicted octanol–water partition coefficient (Wildman–Crippen LogP) is 2.76. The minimum Gasteiger partial charge on any atom is -0.493 e. The van der Waals surface area contributed by atoms with E-state index in [0.717, 1.165) is 31.7 Å². The van der Waals surface area contributed by atoms with Crippen molar-refractivity contribution in [3.8, 4) is 11.5 Å². The number of nitrogens with zero attached hydrogens (tertiary/aromatic N) is 2. The molecule has 0 unspecified atom stereocenters. The van der Waals surface area contributed by atoms with Gasteiger partial charge in [0.25, 0.3) is 0 Å². The lowest BCUT2D eigenvalue weighted by Crippen LogP contribution is -2.49. The summed E-state index contributed by atoms with van der Waals surface area (Å²) in [7, 11) is 3.22. The standard InChI is InChI=1S/C23H31N3O3/c1-17-6-5-7-20(18(17)2)26-12-10-25(11-13-26)16-23(27)24-15-19-8-9-21(28-3)22(14-19)29-4/h5-9,14H,10-13,15-16H2,1-4H3,(H,24,27). The fraction of sp³-hybridized carbons (Fsp3) is 0.435. The summed E-state index contributed by atoms with van der Waals surface area (Å²) in [6.45, 7) is 8.88. The van der Waals surface area contributed by atoms with Crippen molar-refractivity contribution >= 4 is 11.6 Å². The van der Waals surface area contributed by atoms with Gasteiger partial charge in [-0.15, -0.1) is 0 Å². The van der Waals surface area contributed by atoms with Gasteiger partial charge in [-0.1, -0.05) is 18.2 Å². The first-order valence-electron chi connectivity index (χ1n) is 10.0. The number of benzene rings is 2. The molecule has 156 valence electrons. The van der Waals surface area contributed by atoms with Crippen LogP contribution in [-0.4, -0.2) is 57.8 Å². The van der Waals surface area contributed by atoms with Crippen molar-refractivity contribution in [3.05, 3.63) is 53.1 Å². The molecule has 1 aliphatic rings. The third kappa shape index (κ3) is 5.21. The van der Waals surface area contributed by atoms with E-state index >= 15 is 0 Å². The Morgan fingerprint density at radius 1 is 1.00 bits per heavy atom. The molecule has 1 N–H and O–H groups in total. The lowest BCUT2D eigenvalue weighted by molar-refractivity contribution is -0.122. The first-order valence-corrected chi connectivity index (χ1v) is 10.0. The molecule has 0 spiro atoms. The Kier molecular flexibility index (Phi) is 6.99. The van der Waals surface area contributed by atoms with Crippen LogP contribution in [0.1, 0.15) is 16.7 Å². The summed E-state index contributed by atoms with van der Waals surface area (Å²) < 4.78 is 10.6. The number of ether oxygens (including phenoxy) is 2. The maximum atomic E-state index is 12.4. The first kappa shape index (κ1) is 21.0. The molecule has 0 bridgehead atoms. The normalized spacial score (nSPS) is 14.6. The zero-order valence-electron chi connectivity index (χ0n) is 17.8. The van der Waals surface area contributed by atoms with E-state index in [-0.39, 0.29) is 5.91 Å². The van der Waals surface area contributed by atoms with Crippen molar-refractivity contribution in [2.45, 2.75) is 20.4 Å². The number of aryl methyl sites for hydroxylation is 1. The van der Waals surface area contributed by atoms with Gasteiger partial charge in [0.05, 0.1) is 20.8 Å². The van der Waals surface area contributed by atoms with Crippen LogP contribution in [0.15, 0.2) is 36.4 Å². The molecule has 1 amide bonds. The van der Waals surface area contributed by atoms with Crippen molar-refractivity contribution in [1.82, 2.24) is 10.2 Å². The molecule has 0 saturated carbocycles. The molecule has 2 aromatic rings. The second kappa shape index (κ2) is 9.65. The predicted molar refractivity (Wildman–Crippen MR) is 116 cm³/mol. The largest absolute Gasteiger partial charge is 0.493 e. The maximum absolute atomic E-state index is 12.4. The number of piperazine rings is 1. The highest BCUT2D eigenvalue weighted by Crippen LogP contribution is 2.27. The van der Waals surface area contributed by atoms with Crippen molar-refractivity contribution < 1.29 is 14.3 Å².